The maximum Gasteiger partial charge on any atom is 0.513 e. The van der Waals surface area contributed by atoms with Gasteiger partial charge in [0.2, 0.25) is 0 Å². The Hall–Kier alpha value is -3.07. The number of halogens is 1. The van der Waals surface area contributed by atoms with Crippen molar-refractivity contribution in [3.8, 4) is 28.7 Å². The highest BCUT2D eigenvalue weighted by atomic mass is 19.1. The molecule has 0 atom stereocenters. The molecular weight excluding hydrogens is 361 g/mol. The first-order valence-electron chi connectivity index (χ1n) is 9.41. The lowest BCUT2D eigenvalue weighted by molar-refractivity contribution is 0.104. The van der Waals surface area contributed by atoms with Gasteiger partial charge in [0.25, 0.3) is 0 Å². The summed E-state index contributed by atoms with van der Waals surface area (Å²) < 4.78 is 25.0. The fourth-order valence-electron chi connectivity index (χ4n) is 2.98. The second kappa shape index (κ2) is 10.3. The fourth-order valence-corrected chi connectivity index (χ4v) is 2.98. The summed E-state index contributed by atoms with van der Waals surface area (Å²) in [5.41, 5.74) is 0.563. The van der Waals surface area contributed by atoms with Crippen molar-refractivity contribution in [3.05, 3.63) is 47.3 Å². The number of benzene rings is 2. The molecule has 0 aliphatic carbocycles. The van der Waals surface area contributed by atoms with Gasteiger partial charge in [-0.2, -0.15) is 5.26 Å². The number of nitrogens with zero attached hydrogens (tertiary/aromatic N) is 1. The molecule has 0 unspecified atom stereocenters. The van der Waals surface area contributed by atoms with Gasteiger partial charge in [0.15, 0.2) is 11.6 Å². The number of carbonyl (C=O) groups is 1. The van der Waals surface area contributed by atoms with Crippen LogP contribution in [-0.4, -0.2) is 17.9 Å². The van der Waals surface area contributed by atoms with Crippen LogP contribution in [0.1, 0.15) is 50.7 Å². The van der Waals surface area contributed by atoms with E-state index < -0.39 is 17.7 Å². The standard InChI is InChI=1S/C22H24FNO4/c1-3-5-6-7-10-15-13-16(14-24)19(20(23)21(15)25)17-11-8-9-12-18(17)28-22(26)27-4-2/h8-9,11-13,25H,3-7,10H2,1-2H3. The SMILES string of the molecule is CCCCCCc1cc(C#N)c(-c2ccccc2OC(=O)OCC)c(F)c1O. The molecule has 0 aliphatic rings. The summed E-state index contributed by atoms with van der Waals surface area (Å²) in [4.78, 5) is 11.7. The van der Waals surface area contributed by atoms with Crippen LogP contribution in [0.2, 0.25) is 0 Å². The van der Waals surface area contributed by atoms with Gasteiger partial charge in [0, 0.05) is 11.1 Å². The Balaban J connectivity index is 2.45. The minimum atomic E-state index is -0.925. The summed E-state index contributed by atoms with van der Waals surface area (Å²) in [6.45, 7) is 3.86. The molecule has 0 fully saturated rings. The van der Waals surface area contributed by atoms with Gasteiger partial charge in [-0.15, -0.1) is 0 Å². The molecule has 0 amide bonds. The van der Waals surface area contributed by atoms with Crippen LogP contribution in [0.3, 0.4) is 0 Å². The Labute approximate surface area is 164 Å². The maximum absolute atomic E-state index is 15.1. The van der Waals surface area contributed by atoms with Crippen molar-refractivity contribution in [2.75, 3.05) is 6.61 Å². The molecular formula is C22H24FNO4. The van der Waals surface area contributed by atoms with Gasteiger partial charge in [0.1, 0.15) is 5.75 Å². The number of unbranched alkanes of at least 4 members (excludes halogenated alkanes) is 3. The van der Waals surface area contributed by atoms with E-state index in [0.717, 1.165) is 25.7 Å². The number of ether oxygens (including phenoxy) is 2. The highest BCUT2D eigenvalue weighted by molar-refractivity contribution is 5.80. The summed E-state index contributed by atoms with van der Waals surface area (Å²) in [7, 11) is 0. The number of phenols is 1. The van der Waals surface area contributed by atoms with Crippen LogP contribution in [0.5, 0.6) is 11.5 Å². The largest absolute Gasteiger partial charge is 0.513 e. The Morgan fingerprint density at radius 1 is 1.21 bits per heavy atom. The zero-order valence-electron chi connectivity index (χ0n) is 16.1. The Bertz CT molecular complexity index is 874. The molecule has 2 aromatic carbocycles. The monoisotopic (exact) mass is 385 g/mol. The Morgan fingerprint density at radius 2 is 1.96 bits per heavy atom. The van der Waals surface area contributed by atoms with Crippen molar-refractivity contribution in [3.63, 3.8) is 0 Å². The van der Waals surface area contributed by atoms with E-state index in [1.165, 1.54) is 18.2 Å². The van der Waals surface area contributed by atoms with Gasteiger partial charge in [-0.1, -0.05) is 44.4 Å². The fraction of sp³-hybridized carbons (Fsp3) is 0.364. The lowest BCUT2D eigenvalue weighted by Gasteiger charge is -2.15. The van der Waals surface area contributed by atoms with Crippen molar-refractivity contribution in [2.24, 2.45) is 0 Å². The number of hydrogen-bond acceptors (Lipinski definition) is 5. The van der Waals surface area contributed by atoms with Gasteiger partial charge < -0.3 is 14.6 Å². The van der Waals surface area contributed by atoms with E-state index in [1.54, 1.807) is 19.1 Å². The zero-order valence-corrected chi connectivity index (χ0v) is 16.1. The normalized spacial score (nSPS) is 10.4. The third-order valence-electron chi connectivity index (χ3n) is 4.35. The summed E-state index contributed by atoms with van der Waals surface area (Å²) in [6.07, 6.45) is 3.46. The molecule has 5 nitrogen and oxygen atoms in total. The molecule has 0 radical (unpaired) electrons. The van der Waals surface area contributed by atoms with Crippen molar-refractivity contribution in [1.82, 2.24) is 0 Å². The first kappa shape index (κ1) is 21.2. The Kier molecular flexibility index (Phi) is 7.82. The zero-order chi connectivity index (χ0) is 20.5. The highest BCUT2D eigenvalue weighted by Crippen LogP contribution is 2.39. The molecule has 0 saturated heterocycles. The number of hydrogen-bond donors (Lipinski definition) is 1. The second-order valence-electron chi connectivity index (χ2n) is 6.32. The van der Waals surface area contributed by atoms with E-state index in [1.807, 2.05) is 6.07 Å². The average Bonchev–Trinajstić information content (AvgIpc) is 2.69. The molecule has 0 aromatic heterocycles. The van der Waals surface area contributed by atoms with Crippen molar-refractivity contribution < 1.29 is 23.8 Å². The summed E-state index contributed by atoms with van der Waals surface area (Å²) >= 11 is 0. The van der Waals surface area contributed by atoms with Crippen LogP contribution in [-0.2, 0) is 11.2 Å². The number of phenolic OH excluding ortho intramolecular Hbond substituents is 1. The van der Waals surface area contributed by atoms with Crippen LogP contribution < -0.4 is 4.74 Å². The van der Waals surface area contributed by atoms with E-state index in [4.69, 9.17) is 9.47 Å². The number of nitriles is 1. The summed E-state index contributed by atoms with van der Waals surface area (Å²) in [5, 5.41) is 19.9. The lowest BCUT2D eigenvalue weighted by atomic mass is 9.94. The molecule has 0 bridgehead atoms. The summed E-state index contributed by atoms with van der Waals surface area (Å²) in [5.74, 6) is -1.33. The summed E-state index contributed by atoms with van der Waals surface area (Å²) in [6, 6.07) is 9.73. The van der Waals surface area contributed by atoms with E-state index in [0.29, 0.717) is 12.0 Å². The van der Waals surface area contributed by atoms with Gasteiger partial charge in [-0.3, -0.25) is 0 Å². The number of rotatable bonds is 8. The van der Waals surface area contributed by atoms with Crippen molar-refractivity contribution in [2.45, 2.75) is 46.0 Å². The quantitative estimate of drug-likeness (QED) is 0.357. The van der Waals surface area contributed by atoms with Crippen LogP contribution in [0.15, 0.2) is 30.3 Å². The van der Waals surface area contributed by atoms with Gasteiger partial charge in [-0.05, 0) is 37.5 Å². The lowest BCUT2D eigenvalue weighted by Crippen LogP contribution is -2.11. The van der Waals surface area contributed by atoms with Crippen LogP contribution in [0, 0.1) is 17.1 Å². The van der Waals surface area contributed by atoms with Crippen LogP contribution in [0.25, 0.3) is 11.1 Å². The maximum atomic E-state index is 15.1. The molecule has 1 N–H and O–H groups in total. The van der Waals surface area contributed by atoms with Gasteiger partial charge in [0.05, 0.1) is 18.2 Å². The Morgan fingerprint density at radius 3 is 2.64 bits per heavy atom. The predicted molar refractivity (Wildman–Crippen MR) is 104 cm³/mol. The number of aryl methyl sites for hydroxylation is 1. The number of carbonyl (C=O) groups excluding carboxylic acids is 1. The second-order valence-corrected chi connectivity index (χ2v) is 6.32. The molecule has 6 heteroatoms. The number of aromatic hydroxyl groups is 1. The predicted octanol–water partition coefficient (Wildman–Crippen LogP) is 5.73. The minimum absolute atomic E-state index is 0.0476. The molecule has 0 spiro atoms. The van der Waals surface area contributed by atoms with Gasteiger partial charge >= 0.3 is 6.16 Å². The molecule has 0 saturated carbocycles. The minimum Gasteiger partial charge on any atom is -0.505 e. The first-order chi connectivity index (χ1) is 13.5. The van der Waals surface area contributed by atoms with Crippen molar-refractivity contribution in [1.29, 1.82) is 5.26 Å². The van der Waals surface area contributed by atoms with Crippen LogP contribution >= 0.6 is 0 Å². The molecule has 28 heavy (non-hydrogen) atoms. The highest BCUT2D eigenvalue weighted by Gasteiger charge is 2.22. The van der Waals surface area contributed by atoms with Gasteiger partial charge in [-0.25, -0.2) is 9.18 Å². The van der Waals surface area contributed by atoms with Crippen molar-refractivity contribution >= 4 is 6.16 Å². The molecule has 2 rings (SSSR count). The first-order valence-corrected chi connectivity index (χ1v) is 9.41. The van der Waals surface area contributed by atoms with E-state index in [2.05, 4.69) is 6.92 Å². The molecule has 0 aliphatic heterocycles. The molecule has 2 aromatic rings. The third-order valence-corrected chi connectivity index (χ3v) is 4.35. The smallest absolute Gasteiger partial charge is 0.505 e. The van der Waals surface area contributed by atoms with E-state index in [-0.39, 0.29) is 29.0 Å². The molecule has 0 heterocycles. The van der Waals surface area contributed by atoms with Crippen LogP contribution in [0.4, 0.5) is 9.18 Å². The topological polar surface area (TPSA) is 79.5 Å². The number of para-hydroxylation sites is 1. The third kappa shape index (κ3) is 5.01. The molecule has 148 valence electrons. The average molecular weight is 385 g/mol. The van der Waals surface area contributed by atoms with E-state index >= 15 is 4.39 Å². The van der Waals surface area contributed by atoms with E-state index in [9.17, 15) is 15.2 Å².